The summed E-state index contributed by atoms with van der Waals surface area (Å²) in [7, 11) is 3.96. The highest BCUT2D eigenvalue weighted by Crippen LogP contribution is 2.28. The van der Waals surface area contributed by atoms with Gasteiger partial charge in [-0.15, -0.1) is 0 Å². The minimum Gasteiger partial charge on any atom is -0.385 e. The Hall–Kier alpha value is -0.160. The molecule has 1 heterocycles. The van der Waals surface area contributed by atoms with E-state index in [1.165, 1.54) is 6.42 Å². The van der Waals surface area contributed by atoms with Crippen LogP contribution in [0.25, 0.3) is 0 Å². The molecular formula is C13H28N2O2. The maximum Gasteiger partial charge on any atom is 0.0547 e. The molecule has 0 aromatic rings. The van der Waals surface area contributed by atoms with Crippen molar-refractivity contribution < 1.29 is 9.47 Å². The predicted octanol–water partition coefficient (Wildman–Crippen LogP) is 0.971. The molecule has 1 fully saturated rings. The molecule has 0 amide bonds. The van der Waals surface area contributed by atoms with E-state index >= 15 is 0 Å². The van der Waals surface area contributed by atoms with Crippen LogP contribution < -0.4 is 5.32 Å². The van der Waals surface area contributed by atoms with Gasteiger partial charge in [-0.05, 0) is 26.4 Å². The predicted molar refractivity (Wildman–Crippen MR) is 70.4 cm³/mol. The summed E-state index contributed by atoms with van der Waals surface area (Å²) in [5.74, 6) is 0. The van der Waals surface area contributed by atoms with E-state index in [0.29, 0.717) is 5.41 Å². The maximum absolute atomic E-state index is 5.59. The molecule has 1 rings (SSSR count). The molecule has 1 aliphatic rings. The van der Waals surface area contributed by atoms with E-state index in [0.717, 1.165) is 52.4 Å². The number of methoxy groups -OCH3 is 1. The molecule has 17 heavy (non-hydrogen) atoms. The smallest absolute Gasteiger partial charge is 0.0547 e. The zero-order valence-corrected chi connectivity index (χ0v) is 11.6. The van der Waals surface area contributed by atoms with Crippen LogP contribution in [0, 0.1) is 5.41 Å². The van der Waals surface area contributed by atoms with Crippen molar-refractivity contribution in [3.63, 3.8) is 0 Å². The van der Waals surface area contributed by atoms with Gasteiger partial charge in [-0.2, -0.15) is 0 Å². The van der Waals surface area contributed by atoms with Gasteiger partial charge in [0.15, 0.2) is 0 Å². The lowest BCUT2D eigenvalue weighted by Gasteiger charge is -2.32. The quantitative estimate of drug-likeness (QED) is 0.613. The Morgan fingerprint density at radius 1 is 1.47 bits per heavy atom. The molecule has 0 aromatic heterocycles. The number of hydrogen-bond donors (Lipinski definition) is 1. The molecule has 1 unspecified atom stereocenters. The normalized spacial score (nSPS) is 24.7. The SMILES string of the molecule is CCNCC1(CN(C)CCCOC)CCOC1. The standard InChI is InChI=1S/C13H28N2O2/c1-4-14-10-13(6-9-17-12-13)11-15(2)7-5-8-16-3/h14H,4-12H2,1-3H3. The van der Waals surface area contributed by atoms with Crippen molar-refractivity contribution in [3.8, 4) is 0 Å². The van der Waals surface area contributed by atoms with Crippen molar-refractivity contribution in [2.24, 2.45) is 5.41 Å². The van der Waals surface area contributed by atoms with Crippen molar-refractivity contribution >= 4 is 0 Å². The fourth-order valence-corrected chi connectivity index (χ4v) is 2.49. The fourth-order valence-electron chi connectivity index (χ4n) is 2.49. The van der Waals surface area contributed by atoms with Crippen molar-refractivity contribution in [2.45, 2.75) is 19.8 Å². The van der Waals surface area contributed by atoms with Gasteiger partial charge >= 0.3 is 0 Å². The number of rotatable bonds is 9. The highest BCUT2D eigenvalue weighted by Gasteiger charge is 2.35. The fraction of sp³-hybridized carbons (Fsp3) is 1.00. The molecule has 102 valence electrons. The van der Waals surface area contributed by atoms with E-state index in [9.17, 15) is 0 Å². The first kappa shape index (κ1) is 14.9. The van der Waals surface area contributed by atoms with E-state index in [-0.39, 0.29) is 0 Å². The topological polar surface area (TPSA) is 33.7 Å². The number of nitrogens with one attached hydrogen (secondary N) is 1. The van der Waals surface area contributed by atoms with E-state index in [1.54, 1.807) is 7.11 Å². The van der Waals surface area contributed by atoms with Gasteiger partial charge in [0.05, 0.1) is 6.61 Å². The summed E-state index contributed by atoms with van der Waals surface area (Å²) < 4.78 is 10.7. The third-order valence-electron chi connectivity index (χ3n) is 3.43. The minimum absolute atomic E-state index is 0.317. The first-order valence-corrected chi connectivity index (χ1v) is 6.68. The second-order valence-electron chi connectivity index (χ2n) is 5.17. The lowest BCUT2D eigenvalue weighted by atomic mass is 9.86. The summed E-state index contributed by atoms with van der Waals surface area (Å²) in [4.78, 5) is 2.41. The number of nitrogens with zero attached hydrogens (tertiary/aromatic N) is 1. The zero-order chi connectivity index (χ0) is 12.6. The third-order valence-corrected chi connectivity index (χ3v) is 3.43. The summed E-state index contributed by atoms with van der Waals surface area (Å²) in [6.45, 7) is 9.14. The average Bonchev–Trinajstić information content (AvgIpc) is 2.76. The number of ether oxygens (including phenoxy) is 2. The first-order chi connectivity index (χ1) is 8.22. The van der Waals surface area contributed by atoms with E-state index in [2.05, 4.69) is 24.2 Å². The molecule has 4 nitrogen and oxygen atoms in total. The Morgan fingerprint density at radius 2 is 2.29 bits per heavy atom. The van der Waals surface area contributed by atoms with Crippen LogP contribution in [0.2, 0.25) is 0 Å². The summed E-state index contributed by atoms with van der Waals surface area (Å²) in [6.07, 6.45) is 2.28. The van der Waals surface area contributed by atoms with Gasteiger partial charge in [-0.3, -0.25) is 0 Å². The molecule has 1 saturated heterocycles. The molecule has 0 saturated carbocycles. The van der Waals surface area contributed by atoms with Crippen molar-refractivity contribution in [3.05, 3.63) is 0 Å². The minimum atomic E-state index is 0.317. The van der Waals surface area contributed by atoms with Crippen LogP contribution in [0.15, 0.2) is 0 Å². The molecule has 0 spiro atoms. The van der Waals surface area contributed by atoms with Crippen LogP contribution in [-0.4, -0.2) is 65.1 Å². The largest absolute Gasteiger partial charge is 0.385 e. The van der Waals surface area contributed by atoms with Crippen LogP contribution in [0.3, 0.4) is 0 Å². The Labute approximate surface area is 106 Å². The Morgan fingerprint density at radius 3 is 2.88 bits per heavy atom. The summed E-state index contributed by atoms with van der Waals surface area (Å²) in [5, 5.41) is 3.47. The summed E-state index contributed by atoms with van der Waals surface area (Å²) >= 11 is 0. The second kappa shape index (κ2) is 8.03. The average molecular weight is 244 g/mol. The molecular weight excluding hydrogens is 216 g/mol. The Kier molecular flexibility index (Phi) is 7.04. The first-order valence-electron chi connectivity index (χ1n) is 6.68. The molecule has 0 aromatic carbocycles. The van der Waals surface area contributed by atoms with E-state index in [1.807, 2.05) is 0 Å². The van der Waals surface area contributed by atoms with Crippen LogP contribution in [-0.2, 0) is 9.47 Å². The maximum atomic E-state index is 5.59. The van der Waals surface area contributed by atoms with Crippen LogP contribution in [0.5, 0.6) is 0 Å². The van der Waals surface area contributed by atoms with Crippen LogP contribution >= 0.6 is 0 Å². The van der Waals surface area contributed by atoms with Gasteiger partial charge in [-0.1, -0.05) is 6.92 Å². The van der Waals surface area contributed by atoms with Gasteiger partial charge in [0.2, 0.25) is 0 Å². The molecule has 4 heteroatoms. The van der Waals surface area contributed by atoms with Gasteiger partial charge in [0, 0.05) is 45.4 Å². The second-order valence-corrected chi connectivity index (χ2v) is 5.17. The van der Waals surface area contributed by atoms with Gasteiger partial charge in [-0.25, -0.2) is 0 Å². The Bertz CT molecular complexity index is 194. The lowest BCUT2D eigenvalue weighted by Crippen LogP contribution is -2.44. The lowest BCUT2D eigenvalue weighted by molar-refractivity contribution is 0.112. The van der Waals surface area contributed by atoms with Gasteiger partial charge in [0.1, 0.15) is 0 Å². The number of hydrogen-bond acceptors (Lipinski definition) is 4. The van der Waals surface area contributed by atoms with Crippen LogP contribution in [0.4, 0.5) is 0 Å². The molecule has 1 aliphatic heterocycles. The van der Waals surface area contributed by atoms with Crippen molar-refractivity contribution in [1.82, 2.24) is 10.2 Å². The molecule has 0 radical (unpaired) electrons. The highest BCUT2D eigenvalue weighted by atomic mass is 16.5. The van der Waals surface area contributed by atoms with Crippen molar-refractivity contribution in [1.29, 1.82) is 0 Å². The van der Waals surface area contributed by atoms with Crippen LogP contribution in [0.1, 0.15) is 19.8 Å². The van der Waals surface area contributed by atoms with Gasteiger partial charge in [0.25, 0.3) is 0 Å². The van der Waals surface area contributed by atoms with E-state index < -0.39 is 0 Å². The zero-order valence-electron chi connectivity index (χ0n) is 11.6. The molecule has 0 bridgehead atoms. The Balaban J connectivity index is 2.32. The summed E-state index contributed by atoms with van der Waals surface area (Å²) in [6, 6.07) is 0. The molecule has 0 aliphatic carbocycles. The van der Waals surface area contributed by atoms with E-state index in [4.69, 9.17) is 9.47 Å². The molecule has 1 N–H and O–H groups in total. The highest BCUT2D eigenvalue weighted by molar-refractivity contribution is 4.87. The molecule has 1 atom stereocenters. The monoisotopic (exact) mass is 244 g/mol. The summed E-state index contributed by atoms with van der Waals surface area (Å²) in [5.41, 5.74) is 0.317. The van der Waals surface area contributed by atoms with Gasteiger partial charge < -0.3 is 19.7 Å². The third kappa shape index (κ3) is 5.34. The van der Waals surface area contributed by atoms with Crippen molar-refractivity contribution in [2.75, 3.05) is 60.2 Å².